The Hall–Kier alpha value is -2.27. The molecule has 1 aromatic heterocycles. The molecule has 0 spiro atoms. The van der Waals surface area contributed by atoms with Crippen LogP contribution in [0, 0.1) is 0 Å². The van der Waals surface area contributed by atoms with Crippen LogP contribution in [0.25, 0.3) is 0 Å². The zero-order valence-electron chi connectivity index (χ0n) is 18.0. The maximum Gasteiger partial charge on any atom is 0.265 e. The van der Waals surface area contributed by atoms with Crippen molar-refractivity contribution in [3.8, 4) is 5.75 Å². The van der Waals surface area contributed by atoms with Crippen LogP contribution in [-0.4, -0.2) is 62.7 Å². The van der Waals surface area contributed by atoms with Gasteiger partial charge in [0.05, 0.1) is 10.7 Å². The summed E-state index contributed by atoms with van der Waals surface area (Å²) in [5.41, 5.74) is 0.834. The van der Waals surface area contributed by atoms with Crippen molar-refractivity contribution in [3.05, 3.63) is 47.6 Å². The average Bonchev–Trinajstić information content (AvgIpc) is 3.25. The molecule has 3 heterocycles. The fraction of sp³-hybridized carbons (Fsp3) is 0.409. The topological polar surface area (TPSA) is 82.1 Å². The molecule has 4 rings (SSSR count). The summed E-state index contributed by atoms with van der Waals surface area (Å²) >= 11 is 6.28. The third-order valence-corrected chi connectivity index (χ3v) is 5.75. The van der Waals surface area contributed by atoms with Gasteiger partial charge in [-0.2, -0.15) is 0 Å². The van der Waals surface area contributed by atoms with Crippen molar-refractivity contribution in [2.45, 2.75) is 18.9 Å². The maximum absolute atomic E-state index is 12.3. The molecule has 2 aromatic rings. The number of ether oxygens (including phenoxy) is 1. The monoisotopic (exact) mass is 570 g/mol. The Kier molecular flexibility index (Phi) is 8.80. The Labute approximate surface area is 210 Å². The summed E-state index contributed by atoms with van der Waals surface area (Å²) in [5, 5.41) is 7.49. The van der Waals surface area contributed by atoms with Gasteiger partial charge >= 0.3 is 0 Å². The lowest BCUT2D eigenvalue weighted by atomic mass is 10.2. The highest BCUT2D eigenvalue weighted by Crippen LogP contribution is 2.31. The van der Waals surface area contributed by atoms with Crippen molar-refractivity contribution < 1.29 is 9.53 Å². The molecule has 32 heavy (non-hydrogen) atoms. The second kappa shape index (κ2) is 11.6. The number of pyridine rings is 1. The number of nitrogens with one attached hydrogen (secondary N) is 2. The van der Waals surface area contributed by atoms with Crippen LogP contribution in [-0.2, 0) is 4.79 Å². The fourth-order valence-corrected chi connectivity index (χ4v) is 4.15. The largest absolute Gasteiger partial charge is 0.482 e. The summed E-state index contributed by atoms with van der Waals surface area (Å²) in [5.74, 6) is 2.33. The average molecular weight is 571 g/mol. The predicted octanol–water partition coefficient (Wildman–Crippen LogP) is 2.91. The second-order valence-corrected chi connectivity index (χ2v) is 7.95. The Bertz CT molecular complexity index is 960. The molecule has 2 N–H and O–H groups in total. The Balaban J connectivity index is 0.00000289. The molecular formula is C22H28ClIN6O2. The highest BCUT2D eigenvalue weighted by molar-refractivity contribution is 14.0. The number of amides is 1. The number of carbonyl (C=O) groups is 1. The Morgan fingerprint density at radius 2 is 2.16 bits per heavy atom. The van der Waals surface area contributed by atoms with E-state index in [1.165, 1.54) is 0 Å². The van der Waals surface area contributed by atoms with E-state index in [-0.39, 0.29) is 42.5 Å². The number of aliphatic imine (C=N–C) groups is 1. The van der Waals surface area contributed by atoms with E-state index in [4.69, 9.17) is 16.3 Å². The molecule has 0 aliphatic carbocycles. The minimum Gasteiger partial charge on any atom is -0.482 e. The maximum atomic E-state index is 12.3. The van der Waals surface area contributed by atoms with Gasteiger partial charge in [0.2, 0.25) is 0 Å². The van der Waals surface area contributed by atoms with Gasteiger partial charge in [0.15, 0.2) is 12.6 Å². The molecule has 1 fully saturated rings. The second-order valence-electron chi connectivity index (χ2n) is 7.54. The van der Waals surface area contributed by atoms with Crippen molar-refractivity contribution in [1.29, 1.82) is 0 Å². The number of nitrogens with zero attached hydrogens (tertiary/aromatic N) is 4. The third-order valence-electron chi connectivity index (χ3n) is 5.45. The molecule has 1 aromatic carbocycles. The first kappa shape index (κ1) is 24.4. The summed E-state index contributed by atoms with van der Waals surface area (Å²) < 4.78 is 5.50. The zero-order valence-corrected chi connectivity index (χ0v) is 21.0. The van der Waals surface area contributed by atoms with E-state index in [0.29, 0.717) is 18.1 Å². The number of para-hydroxylation sites is 2. The summed E-state index contributed by atoms with van der Waals surface area (Å²) in [6.07, 6.45) is 3.54. The van der Waals surface area contributed by atoms with Crippen molar-refractivity contribution in [2.24, 2.45) is 4.99 Å². The van der Waals surface area contributed by atoms with Crippen LogP contribution in [0.2, 0.25) is 5.02 Å². The number of hydrogen-bond donors (Lipinski definition) is 2. The van der Waals surface area contributed by atoms with Crippen LogP contribution in [0.15, 0.2) is 47.6 Å². The number of guanidine groups is 1. The molecule has 0 radical (unpaired) electrons. The molecule has 1 saturated heterocycles. The van der Waals surface area contributed by atoms with Gasteiger partial charge in [-0.15, -0.1) is 24.0 Å². The van der Waals surface area contributed by atoms with Crippen LogP contribution in [0.1, 0.15) is 12.8 Å². The van der Waals surface area contributed by atoms with Crippen molar-refractivity contribution >= 4 is 58.9 Å². The van der Waals surface area contributed by atoms with E-state index in [1.807, 2.05) is 36.4 Å². The van der Waals surface area contributed by atoms with Crippen LogP contribution < -0.4 is 25.2 Å². The number of hydrogen-bond acceptors (Lipinski definition) is 5. The van der Waals surface area contributed by atoms with Gasteiger partial charge in [0.25, 0.3) is 5.91 Å². The minimum absolute atomic E-state index is 0. The molecule has 0 saturated carbocycles. The smallest absolute Gasteiger partial charge is 0.265 e. The first-order chi connectivity index (χ1) is 15.2. The lowest BCUT2D eigenvalue weighted by Crippen LogP contribution is -2.45. The van der Waals surface area contributed by atoms with Gasteiger partial charge in [-0.1, -0.05) is 23.7 Å². The van der Waals surface area contributed by atoms with Crippen molar-refractivity contribution in [3.63, 3.8) is 0 Å². The number of fused-ring (bicyclic) bond motifs is 1. The van der Waals surface area contributed by atoms with E-state index in [9.17, 15) is 4.79 Å². The van der Waals surface area contributed by atoms with Crippen molar-refractivity contribution in [2.75, 3.05) is 49.6 Å². The molecular weight excluding hydrogens is 543 g/mol. The number of halogens is 2. The van der Waals surface area contributed by atoms with Crippen molar-refractivity contribution in [1.82, 2.24) is 15.6 Å². The van der Waals surface area contributed by atoms with Gasteiger partial charge in [0.1, 0.15) is 11.6 Å². The number of rotatable bonds is 6. The highest BCUT2D eigenvalue weighted by atomic mass is 127. The van der Waals surface area contributed by atoms with E-state index in [0.717, 1.165) is 49.1 Å². The molecule has 1 unspecified atom stereocenters. The Morgan fingerprint density at radius 1 is 1.31 bits per heavy atom. The van der Waals surface area contributed by atoms with Crippen LogP contribution in [0.4, 0.5) is 11.5 Å². The Morgan fingerprint density at radius 3 is 2.97 bits per heavy atom. The SMILES string of the molecule is CN=C(NCCCN1C(=O)COc2ccccc21)NC1CCN(c2ncccc2Cl)C1.I. The number of aromatic nitrogens is 1. The molecule has 1 atom stereocenters. The summed E-state index contributed by atoms with van der Waals surface area (Å²) in [7, 11) is 1.76. The van der Waals surface area contributed by atoms with Gasteiger partial charge in [-0.3, -0.25) is 9.79 Å². The highest BCUT2D eigenvalue weighted by Gasteiger charge is 2.26. The minimum atomic E-state index is -0.0135. The zero-order chi connectivity index (χ0) is 21.6. The van der Waals surface area contributed by atoms with Crippen LogP contribution in [0.3, 0.4) is 0 Å². The third kappa shape index (κ3) is 5.74. The number of anilines is 2. The normalized spacial score (nSPS) is 18.0. The van der Waals surface area contributed by atoms with Gasteiger partial charge in [0, 0.05) is 45.5 Å². The van der Waals surface area contributed by atoms with Gasteiger partial charge in [-0.05, 0) is 37.1 Å². The standard InChI is InChI=1S/C22H27ClN6O2.HI/c1-24-22(27-16-9-13-28(14-16)21-17(23)6-4-10-25-21)26-11-5-12-29-18-7-2-3-8-19(18)31-15-20(29)30;/h2-4,6-8,10,16H,5,9,11-15H2,1H3,(H2,24,26,27);1H. The van der Waals surface area contributed by atoms with Crippen LogP contribution in [0.5, 0.6) is 5.75 Å². The first-order valence-electron chi connectivity index (χ1n) is 10.5. The van der Waals surface area contributed by atoms with E-state index in [1.54, 1.807) is 18.1 Å². The number of benzene rings is 1. The van der Waals surface area contributed by atoms with Gasteiger partial charge < -0.3 is 25.2 Å². The quantitative estimate of drug-likeness (QED) is 0.241. The molecule has 0 bridgehead atoms. The van der Waals surface area contributed by atoms with E-state index in [2.05, 4.69) is 25.5 Å². The molecule has 2 aliphatic rings. The molecule has 8 nitrogen and oxygen atoms in total. The van der Waals surface area contributed by atoms with Gasteiger partial charge in [-0.25, -0.2) is 4.98 Å². The molecule has 172 valence electrons. The van der Waals surface area contributed by atoms with E-state index < -0.39 is 0 Å². The summed E-state index contributed by atoms with van der Waals surface area (Å²) in [4.78, 5) is 25.0. The fourth-order valence-electron chi connectivity index (χ4n) is 3.91. The predicted molar refractivity (Wildman–Crippen MR) is 139 cm³/mol. The van der Waals surface area contributed by atoms with E-state index >= 15 is 0 Å². The lowest BCUT2D eigenvalue weighted by Gasteiger charge is -2.29. The summed E-state index contributed by atoms with van der Waals surface area (Å²) in [6.45, 7) is 3.13. The first-order valence-corrected chi connectivity index (χ1v) is 10.9. The summed E-state index contributed by atoms with van der Waals surface area (Å²) in [6, 6.07) is 11.6. The molecule has 2 aliphatic heterocycles. The molecule has 10 heteroatoms. The molecule has 1 amide bonds. The lowest BCUT2D eigenvalue weighted by molar-refractivity contribution is -0.121. The number of carbonyl (C=O) groups excluding carboxylic acids is 1. The van der Waals surface area contributed by atoms with Crippen LogP contribution >= 0.6 is 35.6 Å².